The van der Waals surface area contributed by atoms with Crippen LogP contribution in [0.4, 0.5) is 13.2 Å². The van der Waals surface area contributed by atoms with Crippen LogP contribution in [0.5, 0.6) is 0 Å². The van der Waals surface area contributed by atoms with Gasteiger partial charge in [-0.2, -0.15) is 28.6 Å². The minimum atomic E-state index is -4.55. The molecule has 2 aromatic heterocycles. The van der Waals surface area contributed by atoms with E-state index in [0.29, 0.717) is 22.4 Å². The third-order valence-electron chi connectivity index (χ3n) is 4.74. The van der Waals surface area contributed by atoms with Crippen LogP contribution < -0.4 is 5.43 Å². The number of nitrogens with zero attached hydrogens (tertiary/aromatic N) is 5. The molecule has 0 radical (unpaired) electrons. The molecule has 10 heteroatoms. The van der Waals surface area contributed by atoms with Gasteiger partial charge in [0, 0.05) is 18.0 Å². The molecule has 0 spiro atoms. The maximum Gasteiger partial charge on any atom is 0.416 e. The van der Waals surface area contributed by atoms with Crippen molar-refractivity contribution in [2.75, 3.05) is 0 Å². The monoisotopic (exact) mass is 460 g/mol. The van der Waals surface area contributed by atoms with Crippen LogP contribution in [0.1, 0.15) is 27.2 Å². The Morgan fingerprint density at radius 3 is 2.56 bits per heavy atom. The average Bonchev–Trinajstić information content (AvgIpc) is 3.30. The van der Waals surface area contributed by atoms with Gasteiger partial charge in [-0.25, -0.2) is 10.1 Å². The number of hydrogen-bond acceptors (Lipinski definition) is 5. The molecule has 1 amide bonds. The lowest BCUT2D eigenvalue weighted by Gasteiger charge is -2.10. The number of nitriles is 1. The van der Waals surface area contributed by atoms with Gasteiger partial charge in [0.15, 0.2) is 0 Å². The van der Waals surface area contributed by atoms with E-state index in [4.69, 9.17) is 5.26 Å². The smallest absolute Gasteiger partial charge is 0.266 e. The van der Waals surface area contributed by atoms with E-state index in [1.807, 2.05) is 6.07 Å². The zero-order chi connectivity index (χ0) is 24.1. The number of hydrazone groups is 1. The Morgan fingerprint density at radius 2 is 1.88 bits per heavy atom. The molecule has 2 heterocycles. The van der Waals surface area contributed by atoms with E-state index >= 15 is 0 Å². The Morgan fingerprint density at radius 1 is 1.09 bits per heavy atom. The van der Waals surface area contributed by atoms with Crippen LogP contribution in [0.25, 0.3) is 16.9 Å². The van der Waals surface area contributed by atoms with Gasteiger partial charge in [0.25, 0.3) is 5.91 Å². The molecule has 2 aromatic carbocycles. The van der Waals surface area contributed by atoms with Crippen molar-refractivity contribution in [1.29, 1.82) is 5.26 Å². The summed E-state index contributed by atoms with van der Waals surface area (Å²) in [7, 11) is 0. The lowest BCUT2D eigenvalue weighted by atomic mass is 10.2. The zero-order valence-corrected chi connectivity index (χ0v) is 17.4. The quantitative estimate of drug-likeness (QED) is 0.348. The Labute approximate surface area is 191 Å². The Kier molecular flexibility index (Phi) is 6.18. The number of hydrogen-bond donors (Lipinski definition) is 1. The molecule has 7 nitrogen and oxygen atoms in total. The topological polar surface area (TPSA) is 96.0 Å². The first-order valence-electron chi connectivity index (χ1n) is 9.87. The van der Waals surface area contributed by atoms with E-state index in [2.05, 4.69) is 20.6 Å². The third-order valence-corrected chi connectivity index (χ3v) is 4.74. The van der Waals surface area contributed by atoms with Crippen molar-refractivity contribution in [2.45, 2.75) is 6.18 Å². The van der Waals surface area contributed by atoms with Crippen LogP contribution in [-0.4, -0.2) is 26.9 Å². The number of amides is 1. The number of alkyl halides is 3. The first-order valence-corrected chi connectivity index (χ1v) is 9.87. The van der Waals surface area contributed by atoms with E-state index in [1.165, 1.54) is 30.6 Å². The Balaban J connectivity index is 1.67. The highest BCUT2D eigenvalue weighted by atomic mass is 19.4. The van der Waals surface area contributed by atoms with Crippen LogP contribution >= 0.6 is 0 Å². The van der Waals surface area contributed by atoms with Crippen molar-refractivity contribution < 1.29 is 18.0 Å². The van der Waals surface area contributed by atoms with Crippen molar-refractivity contribution >= 4 is 12.1 Å². The molecule has 0 saturated carbocycles. The molecule has 0 aliphatic carbocycles. The number of halogens is 3. The molecule has 0 unspecified atom stereocenters. The highest BCUT2D eigenvalue weighted by molar-refractivity contribution is 5.95. The van der Waals surface area contributed by atoms with Gasteiger partial charge in [-0.15, -0.1) is 0 Å². The van der Waals surface area contributed by atoms with E-state index < -0.39 is 17.6 Å². The number of nitrogens with one attached hydrogen (secondary N) is 1. The number of pyridine rings is 1. The van der Waals surface area contributed by atoms with E-state index in [-0.39, 0.29) is 11.4 Å². The molecule has 4 aromatic rings. The van der Waals surface area contributed by atoms with E-state index in [1.54, 1.807) is 42.6 Å². The Bertz CT molecular complexity index is 1390. The van der Waals surface area contributed by atoms with Gasteiger partial charge in [-0.1, -0.05) is 18.2 Å². The van der Waals surface area contributed by atoms with Gasteiger partial charge in [0.05, 0.1) is 34.8 Å². The molecule has 0 aliphatic rings. The summed E-state index contributed by atoms with van der Waals surface area (Å²) < 4.78 is 40.8. The lowest BCUT2D eigenvalue weighted by Crippen LogP contribution is -2.21. The largest absolute Gasteiger partial charge is 0.416 e. The highest BCUT2D eigenvalue weighted by Crippen LogP contribution is 2.31. The van der Waals surface area contributed by atoms with Crippen LogP contribution in [0.3, 0.4) is 0 Å². The fourth-order valence-electron chi connectivity index (χ4n) is 3.08. The molecule has 168 valence electrons. The van der Waals surface area contributed by atoms with Gasteiger partial charge in [-0.05, 0) is 54.1 Å². The molecule has 4 rings (SSSR count). The summed E-state index contributed by atoms with van der Waals surface area (Å²) in [5.41, 5.74) is 3.60. The molecule has 34 heavy (non-hydrogen) atoms. The fraction of sp³-hybridized carbons (Fsp3) is 0.0417. The number of aromatic nitrogens is 3. The number of benzene rings is 2. The summed E-state index contributed by atoms with van der Waals surface area (Å²) in [6.07, 6.45) is -0.0719. The van der Waals surface area contributed by atoms with Gasteiger partial charge in [0.1, 0.15) is 5.69 Å². The maximum atomic E-state index is 13.2. The minimum Gasteiger partial charge on any atom is -0.266 e. The number of carbonyl (C=O) groups is 1. The molecule has 0 bridgehead atoms. The van der Waals surface area contributed by atoms with Crippen molar-refractivity contribution in [3.8, 4) is 23.0 Å². The summed E-state index contributed by atoms with van der Waals surface area (Å²) >= 11 is 0. The molecular weight excluding hydrogens is 445 g/mol. The first kappa shape index (κ1) is 22.4. The lowest BCUT2D eigenvalue weighted by molar-refractivity contribution is -0.137. The zero-order valence-electron chi connectivity index (χ0n) is 17.4. The normalized spacial score (nSPS) is 11.4. The molecule has 0 saturated heterocycles. The molecule has 0 aliphatic heterocycles. The second kappa shape index (κ2) is 9.38. The van der Waals surface area contributed by atoms with Crippen molar-refractivity contribution in [3.63, 3.8) is 0 Å². The van der Waals surface area contributed by atoms with Crippen molar-refractivity contribution in [3.05, 3.63) is 102 Å². The van der Waals surface area contributed by atoms with Crippen LogP contribution in [0.2, 0.25) is 0 Å². The van der Waals surface area contributed by atoms with Crippen molar-refractivity contribution in [2.24, 2.45) is 5.10 Å². The highest BCUT2D eigenvalue weighted by Gasteiger charge is 2.31. The summed E-state index contributed by atoms with van der Waals surface area (Å²) in [4.78, 5) is 16.9. The minimum absolute atomic E-state index is 0.0184. The predicted molar refractivity (Wildman–Crippen MR) is 118 cm³/mol. The van der Waals surface area contributed by atoms with E-state index in [9.17, 15) is 18.0 Å². The van der Waals surface area contributed by atoms with Crippen LogP contribution in [-0.2, 0) is 6.18 Å². The van der Waals surface area contributed by atoms with Gasteiger partial charge in [0.2, 0.25) is 0 Å². The third kappa shape index (κ3) is 4.99. The predicted octanol–water partition coefficient (Wildman–Crippen LogP) is 4.59. The summed E-state index contributed by atoms with van der Waals surface area (Å²) in [6, 6.07) is 17.9. The fourth-order valence-corrected chi connectivity index (χ4v) is 3.08. The van der Waals surface area contributed by atoms with Gasteiger partial charge >= 0.3 is 6.18 Å². The molecule has 0 fully saturated rings. The average molecular weight is 460 g/mol. The Hall–Kier alpha value is -4.78. The van der Waals surface area contributed by atoms with E-state index in [0.717, 1.165) is 16.8 Å². The molecule has 0 atom stereocenters. The summed E-state index contributed by atoms with van der Waals surface area (Å²) in [5.74, 6) is -0.676. The number of carbonyl (C=O) groups excluding carboxylic acids is 1. The SMILES string of the molecule is N#Cc1ccc(C=NNC(=O)c2cc(-c3cccnc3)nn2-c2cccc(C(F)(F)F)c2)cc1. The van der Waals surface area contributed by atoms with Crippen LogP contribution in [0.15, 0.2) is 84.2 Å². The standard InChI is InChI=1S/C24H15F3N6O/c25-24(26,27)19-4-1-5-20(11-19)33-22(12-21(32-33)18-3-2-10-29-15-18)23(34)31-30-14-17-8-6-16(13-28)7-9-17/h1-12,14-15H,(H,31,34). The second-order valence-corrected chi connectivity index (χ2v) is 7.05. The van der Waals surface area contributed by atoms with Crippen molar-refractivity contribution in [1.82, 2.24) is 20.2 Å². The molecule has 1 N–H and O–H groups in total. The van der Waals surface area contributed by atoms with Gasteiger partial charge < -0.3 is 0 Å². The van der Waals surface area contributed by atoms with Gasteiger partial charge in [-0.3, -0.25) is 9.78 Å². The summed E-state index contributed by atoms with van der Waals surface area (Å²) in [6.45, 7) is 0. The number of rotatable bonds is 5. The second-order valence-electron chi connectivity index (χ2n) is 7.05. The maximum absolute atomic E-state index is 13.2. The van der Waals surface area contributed by atoms with Crippen LogP contribution in [0, 0.1) is 11.3 Å². The molecular formula is C24H15F3N6O. The summed E-state index contributed by atoms with van der Waals surface area (Å²) in [5, 5.41) is 17.1. The first-order chi connectivity index (χ1) is 16.3.